The van der Waals surface area contributed by atoms with Crippen LogP contribution in [0.15, 0.2) is 41.3 Å². The molecule has 0 aliphatic carbocycles. The van der Waals surface area contributed by atoms with E-state index in [2.05, 4.69) is 25.5 Å². The molecular formula is C18H20N6O2. The van der Waals surface area contributed by atoms with Crippen LogP contribution in [0.25, 0.3) is 10.8 Å². The quantitative estimate of drug-likeness (QED) is 0.735. The third kappa shape index (κ3) is 2.94. The predicted octanol–water partition coefficient (Wildman–Crippen LogP) is 1.06. The number of anilines is 1. The smallest absolute Gasteiger partial charge is 0.272 e. The van der Waals surface area contributed by atoms with Gasteiger partial charge in [0.1, 0.15) is 5.82 Å². The fraction of sp³-hybridized carbons (Fsp3) is 0.333. The third-order valence-corrected chi connectivity index (χ3v) is 4.79. The minimum Gasteiger partial charge on any atom is -0.355 e. The van der Waals surface area contributed by atoms with Crippen LogP contribution in [0, 0.1) is 0 Å². The molecule has 2 aromatic heterocycles. The lowest BCUT2D eigenvalue weighted by Gasteiger charge is -2.34. The molecule has 1 aromatic carbocycles. The van der Waals surface area contributed by atoms with E-state index < -0.39 is 0 Å². The number of fused-ring (bicyclic) bond motifs is 1. The molecule has 0 spiro atoms. The zero-order valence-corrected chi connectivity index (χ0v) is 14.5. The third-order valence-electron chi connectivity index (χ3n) is 4.79. The highest BCUT2D eigenvalue weighted by atomic mass is 16.2. The van der Waals surface area contributed by atoms with Crippen molar-refractivity contribution < 1.29 is 4.79 Å². The van der Waals surface area contributed by atoms with Gasteiger partial charge in [-0.1, -0.05) is 18.2 Å². The molecule has 1 amide bonds. The van der Waals surface area contributed by atoms with Gasteiger partial charge in [0.05, 0.1) is 11.6 Å². The van der Waals surface area contributed by atoms with Crippen LogP contribution in [0.2, 0.25) is 0 Å². The van der Waals surface area contributed by atoms with E-state index >= 15 is 0 Å². The molecule has 0 bridgehead atoms. The van der Waals surface area contributed by atoms with Gasteiger partial charge in [0.2, 0.25) is 0 Å². The van der Waals surface area contributed by atoms with Crippen molar-refractivity contribution in [3.8, 4) is 0 Å². The van der Waals surface area contributed by atoms with Crippen LogP contribution in [0.1, 0.15) is 23.3 Å². The first-order chi connectivity index (χ1) is 12.6. The van der Waals surface area contributed by atoms with E-state index in [1.807, 2.05) is 17.8 Å². The molecule has 1 unspecified atom stereocenters. The topological polar surface area (TPSA) is 95.9 Å². The number of carbonyl (C=O) groups excluding carboxylic acids is 1. The highest BCUT2D eigenvalue weighted by molar-refractivity contribution is 6.04. The largest absolute Gasteiger partial charge is 0.355 e. The van der Waals surface area contributed by atoms with Crippen molar-refractivity contribution in [2.24, 2.45) is 7.05 Å². The molecule has 1 fully saturated rings. The average molecular weight is 352 g/mol. The Labute approximate surface area is 149 Å². The molecule has 4 rings (SSSR count). The van der Waals surface area contributed by atoms with Gasteiger partial charge in [0.25, 0.3) is 11.5 Å². The van der Waals surface area contributed by atoms with Crippen molar-refractivity contribution in [1.29, 1.82) is 0 Å². The van der Waals surface area contributed by atoms with Gasteiger partial charge in [-0.3, -0.25) is 14.3 Å². The maximum atomic E-state index is 12.8. The number of rotatable bonds is 3. The summed E-state index contributed by atoms with van der Waals surface area (Å²) in [7, 11) is 1.91. The maximum absolute atomic E-state index is 12.8. The van der Waals surface area contributed by atoms with Gasteiger partial charge in [0.15, 0.2) is 5.69 Å². The zero-order chi connectivity index (χ0) is 18.1. The van der Waals surface area contributed by atoms with Gasteiger partial charge in [-0.15, -0.1) is 0 Å². The normalized spacial score (nSPS) is 17.4. The van der Waals surface area contributed by atoms with E-state index in [0.29, 0.717) is 17.3 Å². The molecule has 3 aromatic rings. The second-order valence-electron chi connectivity index (χ2n) is 6.52. The van der Waals surface area contributed by atoms with Crippen molar-refractivity contribution in [3.05, 3.63) is 52.6 Å². The molecule has 1 aliphatic rings. The molecule has 0 saturated carbocycles. The van der Waals surface area contributed by atoms with E-state index in [1.54, 1.807) is 30.5 Å². The molecule has 0 radical (unpaired) electrons. The Morgan fingerprint density at radius 2 is 2.08 bits per heavy atom. The Bertz CT molecular complexity index is 1010. The molecule has 1 saturated heterocycles. The number of benzene rings is 1. The van der Waals surface area contributed by atoms with Crippen LogP contribution in [0.4, 0.5) is 5.82 Å². The van der Waals surface area contributed by atoms with Crippen LogP contribution < -0.4 is 15.8 Å². The lowest BCUT2D eigenvalue weighted by atomic mass is 10.0. The number of nitrogens with zero attached hydrogens (tertiary/aromatic N) is 4. The minimum atomic E-state index is -0.294. The minimum absolute atomic E-state index is 0.0126. The highest BCUT2D eigenvalue weighted by Crippen LogP contribution is 2.19. The van der Waals surface area contributed by atoms with Gasteiger partial charge in [-0.2, -0.15) is 10.2 Å². The average Bonchev–Trinajstić information content (AvgIpc) is 3.08. The fourth-order valence-corrected chi connectivity index (χ4v) is 3.52. The number of piperidine rings is 1. The summed E-state index contributed by atoms with van der Waals surface area (Å²) in [6, 6.07) is 8.99. The number of nitrogens with one attached hydrogen (secondary N) is 2. The van der Waals surface area contributed by atoms with Crippen LogP contribution in [-0.2, 0) is 7.05 Å². The van der Waals surface area contributed by atoms with Gasteiger partial charge in [-0.25, -0.2) is 5.10 Å². The van der Waals surface area contributed by atoms with Crippen molar-refractivity contribution in [2.45, 2.75) is 18.9 Å². The van der Waals surface area contributed by atoms with E-state index in [9.17, 15) is 9.59 Å². The van der Waals surface area contributed by atoms with Gasteiger partial charge in [0, 0.05) is 37.6 Å². The van der Waals surface area contributed by atoms with Gasteiger partial charge >= 0.3 is 0 Å². The van der Waals surface area contributed by atoms with Crippen LogP contribution in [0.5, 0.6) is 0 Å². The number of amides is 1. The Hall–Kier alpha value is -3.16. The van der Waals surface area contributed by atoms with Crippen molar-refractivity contribution >= 4 is 22.5 Å². The Morgan fingerprint density at radius 1 is 1.27 bits per heavy atom. The van der Waals surface area contributed by atoms with E-state index in [-0.39, 0.29) is 23.2 Å². The lowest BCUT2D eigenvalue weighted by Crippen LogP contribution is -2.48. The van der Waals surface area contributed by atoms with Crippen LogP contribution >= 0.6 is 0 Å². The van der Waals surface area contributed by atoms with Crippen molar-refractivity contribution in [2.75, 3.05) is 18.0 Å². The summed E-state index contributed by atoms with van der Waals surface area (Å²) in [5, 5.41) is 14.7. The monoisotopic (exact) mass is 352 g/mol. The Balaban J connectivity index is 1.54. The summed E-state index contributed by atoms with van der Waals surface area (Å²) >= 11 is 0. The molecular weight excluding hydrogens is 332 g/mol. The fourth-order valence-electron chi connectivity index (χ4n) is 3.52. The molecule has 2 N–H and O–H groups in total. The molecule has 1 atom stereocenters. The Morgan fingerprint density at radius 3 is 2.85 bits per heavy atom. The number of hydrogen-bond donors (Lipinski definition) is 2. The van der Waals surface area contributed by atoms with Crippen molar-refractivity contribution in [1.82, 2.24) is 25.3 Å². The summed E-state index contributed by atoms with van der Waals surface area (Å²) < 4.78 is 1.83. The van der Waals surface area contributed by atoms with Crippen LogP contribution in [-0.4, -0.2) is 45.0 Å². The van der Waals surface area contributed by atoms with Crippen LogP contribution in [0.3, 0.4) is 0 Å². The molecule has 26 heavy (non-hydrogen) atoms. The molecule has 8 nitrogen and oxygen atoms in total. The summed E-state index contributed by atoms with van der Waals surface area (Å²) in [6.45, 7) is 1.65. The maximum Gasteiger partial charge on any atom is 0.272 e. The first-order valence-electron chi connectivity index (χ1n) is 8.65. The highest BCUT2D eigenvalue weighted by Gasteiger charge is 2.24. The standard InChI is InChI=1S/C18H20N6O2/c1-23-15(8-9-19-23)24-10-4-5-12(11-24)20-18(26)16-13-6-2-3-7-14(13)17(25)22-21-16/h2-3,6-9,12H,4-5,10-11H2,1H3,(H,20,26)(H,22,25). The van der Waals surface area contributed by atoms with Gasteiger partial charge in [-0.05, 0) is 18.9 Å². The number of aryl methyl sites for hydroxylation is 1. The zero-order valence-electron chi connectivity index (χ0n) is 14.5. The SMILES string of the molecule is Cn1nccc1N1CCCC(NC(=O)c2n[nH]c(=O)c3ccccc23)C1. The first kappa shape index (κ1) is 16.3. The van der Waals surface area contributed by atoms with Gasteiger partial charge < -0.3 is 10.2 Å². The number of hydrogen-bond acceptors (Lipinski definition) is 5. The molecule has 1 aliphatic heterocycles. The summed E-state index contributed by atoms with van der Waals surface area (Å²) in [5.41, 5.74) is -0.0462. The molecule has 8 heteroatoms. The number of aromatic nitrogens is 4. The summed E-state index contributed by atoms with van der Waals surface area (Å²) in [5.74, 6) is 0.769. The van der Waals surface area contributed by atoms with E-state index in [1.165, 1.54) is 0 Å². The number of aromatic amines is 1. The number of carbonyl (C=O) groups is 1. The van der Waals surface area contributed by atoms with Crippen molar-refractivity contribution in [3.63, 3.8) is 0 Å². The predicted molar refractivity (Wildman–Crippen MR) is 98.3 cm³/mol. The second kappa shape index (κ2) is 6.62. The summed E-state index contributed by atoms with van der Waals surface area (Å²) in [6.07, 6.45) is 3.66. The second-order valence-corrected chi connectivity index (χ2v) is 6.52. The molecule has 134 valence electrons. The van der Waals surface area contributed by atoms with E-state index in [0.717, 1.165) is 25.2 Å². The number of H-pyrrole nitrogens is 1. The van der Waals surface area contributed by atoms with E-state index in [4.69, 9.17) is 0 Å². The lowest BCUT2D eigenvalue weighted by molar-refractivity contribution is 0.0929. The molecule has 3 heterocycles. The summed E-state index contributed by atoms with van der Waals surface area (Å²) in [4.78, 5) is 26.9. The Kier molecular flexibility index (Phi) is 4.16. The first-order valence-corrected chi connectivity index (χ1v) is 8.65.